The first kappa shape index (κ1) is 15.3. The van der Waals surface area contributed by atoms with Crippen molar-refractivity contribution in [1.82, 2.24) is 0 Å². The fourth-order valence-corrected chi connectivity index (χ4v) is 1.92. The van der Waals surface area contributed by atoms with Crippen LogP contribution in [-0.4, -0.2) is 18.0 Å². The molecule has 0 saturated carbocycles. The smallest absolute Gasteiger partial charge is 0.342 e. The van der Waals surface area contributed by atoms with Gasteiger partial charge in [-0.05, 0) is 44.2 Å². The van der Waals surface area contributed by atoms with E-state index < -0.39 is 18.0 Å². The Bertz CT molecular complexity index is 648. The molecular weight excluding hydrogens is 338 g/mol. The van der Waals surface area contributed by atoms with E-state index in [0.29, 0.717) is 17.0 Å². The maximum Gasteiger partial charge on any atom is 0.342 e. The Kier molecular flexibility index (Phi) is 4.80. The molecule has 2 aromatic rings. The third kappa shape index (κ3) is 3.95. The maximum atomic E-state index is 12.0. The molecule has 110 valence electrons. The summed E-state index contributed by atoms with van der Waals surface area (Å²) in [5.74, 6) is -0.521. The molecule has 0 aliphatic rings. The van der Waals surface area contributed by atoms with Crippen molar-refractivity contribution >= 4 is 33.5 Å². The zero-order chi connectivity index (χ0) is 15.4. The topological polar surface area (TPSA) is 68.5 Å². The largest absolute Gasteiger partial charge is 0.469 e. The summed E-state index contributed by atoms with van der Waals surface area (Å²) in [5.41, 5.74) is 0.948. The summed E-state index contributed by atoms with van der Waals surface area (Å²) in [6.45, 7) is 3.17. The van der Waals surface area contributed by atoms with Gasteiger partial charge in [0, 0.05) is 10.2 Å². The maximum absolute atomic E-state index is 12.0. The Morgan fingerprint density at radius 3 is 2.48 bits per heavy atom. The SMILES string of the molecule is Cc1occc1C(=O)O[C@@H](C)C(=O)Nc1ccc(Br)cc1. The number of aryl methyl sites for hydroxylation is 1. The Labute approximate surface area is 130 Å². The van der Waals surface area contributed by atoms with Gasteiger partial charge in [0.2, 0.25) is 0 Å². The minimum absolute atomic E-state index is 0.318. The zero-order valence-electron chi connectivity index (χ0n) is 11.6. The molecule has 1 atom stereocenters. The summed E-state index contributed by atoms with van der Waals surface area (Å²) in [4.78, 5) is 23.8. The highest BCUT2D eigenvalue weighted by molar-refractivity contribution is 9.10. The van der Waals surface area contributed by atoms with Crippen molar-refractivity contribution < 1.29 is 18.7 Å². The lowest BCUT2D eigenvalue weighted by atomic mass is 10.2. The number of carbonyl (C=O) groups is 2. The molecule has 21 heavy (non-hydrogen) atoms. The number of rotatable bonds is 4. The van der Waals surface area contributed by atoms with E-state index in [1.807, 2.05) is 0 Å². The number of esters is 1. The zero-order valence-corrected chi connectivity index (χ0v) is 13.1. The molecule has 1 N–H and O–H groups in total. The van der Waals surface area contributed by atoms with Gasteiger partial charge < -0.3 is 14.5 Å². The third-order valence-corrected chi connectivity index (χ3v) is 3.37. The van der Waals surface area contributed by atoms with Gasteiger partial charge in [0.05, 0.1) is 6.26 Å². The van der Waals surface area contributed by atoms with Gasteiger partial charge in [0.25, 0.3) is 5.91 Å². The minimum atomic E-state index is -0.907. The van der Waals surface area contributed by atoms with Crippen molar-refractivity contribution in [3.8, 4) is 0 Å². The quantitative estimate of drug-likeness (QED) is 0.855. The van der Waals surface area contributed by atoms with Crippen molar-refractivity contribution in [3.05, 3.63) is 52.4 Å². The monoisotopic (exact) mass is 351 g/mol. The molecule has 0 unspecified atom stereocenters. The van der Waals surface area contributed by atoms with Gasteiger partial charge in [-0.25, -0.2) is 4.79 Å². The van der Waals surface area contributed by atoms with Gasteiger partial charge >= 0.3 is 5.97 Å². The Morgan fingerprint density at radius 2 is 1.90 bits per heavy atom. The molecule has 5 nitrogen and oxygen atoms in total. The normalized spacial score (nSPS) is 11.8. The molecule has 1 aromatic carbocycles. The molecule has 0 aliphatic heterocycles. The molecule has 6 heteroatoms. The summed E-state index contributed by atoms with van der Waals surface area (Å²) in [7, 11) is 0. The van der Waals surface area contributed by atoms with E-state index in [9.17, 15) is 9.59 Å². The number of halogens is 1. The number of benzene rings is 1. The van der Waals surface area contributed by atoms with Crippen LogP contribution in [0.2, 0.25) is 0 Å². The number of amides is 1. The lowest BCUT2D eigenvalue weighted by molar-refractivity contribution is -0.123. The second kappa shape index (κ2) is 6.58. The van der Waals surface area contributed by atoms with Crippen LogP contribution in [0.25, 0.3) is 0 Å². The van der Waals surface area contributed by atoms with Crippen molar-refractivity contribution in [3.63, 3.8) is 0 Å². The molecule has 2 rings (SSSR count). The lowest BCUT2D eigenvalue weighted by Crippen LogP contribution is -2.30. The predicted octanol–water partition coefficient (Wildman–Crippen LogP) is 3.53. The first-order chi connectivity index (χ1) is 9.97. The number of hydrogen-bond donors (Lipinski definition) is 1. The third-order valence-electron chi connectivity index (χ3n) is 2.84. The Morgan fingerprint density at radius 1 is 1.24 bits per heavy atom. The van der Waals surface area contributed by atoms with Crippen LogP contribution in [0.5, 0.6) is 0 Å². The molecule has 1 amide bonds. The van der Waals surface area contributed by atoms with Crippen molar-refractivity contribution in [1.29, 1.82) is 0 Å². The summed E-state index contributed by atoms with van der Waals surface area (Å²) < 4.78 is 11.1. The summed E-state index contributed by atoms with van der Waals surface area (Å²) in [6.07, 6.45) is 0.494. The summed E-state index contributed by atoms with van der Waals surface area (Å²) in [6, 6.07) is 8.62. The molecule has 0 spiro atoms. The van der Waals surface area contributed by atoms with Crippen LogP contribution in [0.1, 0.15) is 23.0 Å². The van der Waals surface area contributed by atoms with Crippen molar-refractivity contribution in [2.75, 3.05) is 5.32 Å². The first-order valence-corrected chi connectivity index (χ1v) is 7.08. The second-order valence-electron chi connectivity index (χ2n) is 4.43. The molecule has 0 bridgehead atoms. The highest BCUT2D eigenvalue weighted by Gasteiger charge is 2.21. The highest BCUT2D eigenvalue weighted by Crippen LogP contribution is 2.15. The summed E-state index contributed by atoms with van der Waals surface area (Å²) in [5, 5.41) is 2.67. The highest BCUT2D eigenvalue weighted by atomic mass is 79.9. The fraction of sp³-hybridized carbons (Fsp3) is 0.200. The first-order valence-electron chi connectivity index (χ1n) is 6.29. The van der Waals surface area contributed by atoms with Gasteiger partial charge in [-0.15, -0.1) is 0 Å². The minimum Gasteiger partial charge on any atom is -0.469 e. The van der Waals surface area contributed by atoms with Crippen LogP contribution in [0.4, 0.5) is 5.69 Å². The van der Waals surface area contributed by atoms with E-state index in [-0.39, 0.29) is 0 Å². The number of hydrogen-bond acceptors (Lipinski definition) is 4. The Hall–Kier alpha value is -2.08. The molecule has 0 radical (unpaired) electrons. The van der Waals surface area contributed by atoms with E-state index in [0.717, 1.165) is 4.47 Å². The lowest BCUT2D eigenvalue weighted by Gasteiger charge is -2.13. The number of carbonyl (C=O) groups excluding carboxylic acids is 2. The number of anilines is 1. The van der Waals surface area contributed by atoms with Crippen molar-refractivity contribution in [2.45, 2.75) is 20.0 Å². The Balaban J connectivity index is 1.95. The molecule has 0 saturated heterocycles. The van der Waals surface area contributed by atoms with Gasteiger partial charge in [-0.1, -0.05) is 15.9 Å². The molecular formula is C15H14BrNO4. The fourth-order valence-electron chi connectivity index (χ4n) is 1.65. The van der Waals surface area contributed by atoms with Gasteiger partial charge in [0.1, 0.15) is 11.3 Å². The second-order valence-corrected chi connectivity index (χ2v) is 5.35. The number of nitrogens with one attached hydrogen (secondary N) is 1. The van der Waals surface area contributed by atoms with E-state index in [2.05, 4.69) is 21.2 Å². The van der Waals surface area contributed by atoms with E-state index in [1.165, 1.54) is 19.3 Å². The van der Waals surface area contributed by atoms with Gasteiger partial charge in [-0.3, -0.25) is 4.79 Å². The van der Waals surface area contributed by atoms with Crippen LogP contribution in [0.15, 0.2) is 45.5 Å². The van der Waals surface area contributed by atoms with Gasteiger partial charge in [0.15, 0.2) is 6.10 Å². The summed E-state index contributed by atoms with van der Waals surface area (Å²) >= 11 is 3.31. The number of ether oxygens (including phenoxy) is 1. The molecule has 0 fully saturated rings. The molecule has 1 heterocycles. The number of furan rings is 1. The van der Waals surface area contributed by atoms with Gasteiger partial charge in [-0.2, -0.15) is 0 Å². The van der Waals surface area contributed by atoms with Crippen LogP contribution >= 0.6 is 15.9 Å². The van der Waals surface area contributed by atoms with E-state index in [4.69, 9.17) is 9.15 Å². The average Bonchev–Trinajstić information content (AvgIpc) is 2.87. The van der Waals surface area contributed by atoms with Crippen LogP contribution < -0.4 is 5.32 Å². The molecule has 1 aromatic heterocycles. The van der Waals surface area contributed by atoms with E-state index >= 15 is 0 Å². The standard InChI is InChI=1S/C15H14BrNO4/c1-9-13(7-8-20-9)15(19)21-10(2)14(18)17-12-5-3-11(16)4-6-12/h3-8,10H,1-2H3,(H,17,18)/t10-/m0/s1. The predicted molar refractivity (Wildman–Crippen MR) is 81.1 cm³/mol. The molecule has 0 aliphatic carbocycles. The van der Waals surface area contributed by atoms with E-state index in [1.54, 1.807) is 31.2 Å². The average molecular weight is 352 g/mol. The van der Waals surface area contributed by atoms with Crippen LogP contribution in [0.3, 0.4) is 0 Å². The van der Waals surface area contributed by atoms with Crippen LogP contribution in [0, 0.1) is 6.92 Å². The van der Waals surface area contributed by atoms with Crippen molar-refractivity contribution in [2.24, 2.45) is 0 Å². The van der Waals surface area contributed by atoms with Crippen LogP contribution in [-0.2, 0) is 9.53 Å².